The first-order valence-electron chi connectivity index (χ1n) is 6.60. The number of aryl methyl sites for hydroxylation is 3. The first-order valence-corrected chi connectivity index (χ1v) is 9.09. The maximum absolute atomic E-state index is 12.1. The van der Waals surface area contributed by atoms with Crippen molar-refractivity contribution in [2.24, 2.45) is 0 Å². The molecule has 8 heteroatoms. The molecule has 0 saturated carbocycles. The van der Waals surface area contributed by atoms with Crippen LogP contribution >= 0.6 is 38.6 Å². The number of thiazole rings is 1. The summed E-state index contributed by atoms with van der Waals surface area (Å²) in [6, 6.07) is 3.65. The molecule has 3 heterocycles. The Morgan fingerprint density at radius 1 is 1.45 bits per heavy atom. The highest BCUT2D eigenvalue weighted by atomic mass is 79.9. The number of nitrogens with zero attached hydrogens (tertiary/aromatic N) is 3. The summed E-state index contributed by atoms with van der Waals surface area (Å²) in [7, 11) is 0. The predicted octanol–water partition coefficient (Wildman–Crippen LogP) is 3.97. The number of hydrogen-bond acceptors (Lipinski definition) is 5. The molecule has 0 saturated heterocycles. The lowest BCUT2D eigenvalue weighted by Crippen LogP contribution is -2.09. The molecule has 0 spiro atoms. The number of carbonyl (C=O) groups is 1. The molecule has 22 heavy (non-hydrogen) atoms. The number of amides is 1. The molecule has 1 N–H and O–H groups in total. The van der Waals surface area contributed by atoms with Gasteiger partial charge in [0.15, 0.2) is 0 Å². The third-order valence-corrected chi connectivity index (χ3v) is 5.72. The van der Waals surface area contributed by atoms with Gasteiger partial charge in [-0.2, -0.15) is 5.10 Å². The summed E-state index contributed by atoms with van der Waals surface area (Å²) in [5, 5.41) is 7.13. The van der Waals surface area contributed by atoms with Crippen molar-refractivity contribution >= 4 is 50.2 Å². The Bertz CT molecular complexity index is 792. The van der Waals surface area contributed by atoms with Gasteiger partial charge in [0, 0.05) is 24.0 Å². The summed E-state index contributed by atoms with van der Waals surface area (Å²) in [5.41, 5.74) is 3.64. The number of nitrogens with one attached hydrogen (secondary N) is 1. The Morgan fingerprint density at radius 2 is 2.32 bits per heavy atom. The van der Waals surface area contributed by atoms with Crippen LogP contribution in [0.15, 0.2) is 33.8 Å². The lowest BCUT2D eigenvalue weighted by atomic mass is 10.3. The number of anilines is 1. The van der Waals surface area contributed by atoms with Gasteiger partial charge < -0.3 is 5.32 Å². The topological polar surface area (TPSA) is 59.8 Å². The van der Waals surface area contributed by atoms with Gasteiger partial charge in [-0.1, -0.05) is 0 Å². The third kappa shape index (κ3) is 3.63. The molecule has 0 aromatic carbocycles. The van der Waals surface area contributed by atoms with Crippen LogP contribution in [0.4, 0.5) is 5.69 Å². The molecule has 0 atom stereocenters. The zero-order chi connectivity index (χ0) is 15.5. The largest absolute Gasteiger partial charge is 0.319 e. The predicted molar refractivity (Wildman–Crippen MR) is 92.8 cm³/mol. The van der Waals surface area contributed by atoms with Crippen molar-refractivity contribution in [3.8, 4) is 0 Å². The number of halogens is 1. The van der Waals surface area contributed by atoms with E-state index >= 15 is 0 Å². The third-order valence-electron chi connectivity index (χ3n) is 3.10. The van der Waals surface area contributed by atoms with Gasteiger partial charge in [-0.05, 0) is 35.0 Å². The Morgan fingerprint density at radius 3 is 3.00 bits per heavy atom. The van der Waals surface area contributed by atoms with Crippen molar-refractivity contribution < 1.29 is 4.79 Å². The van der Waals surface area contributed by atoms with Crippen molar-refractivity contribution in [3.63, 3.8) is 0 Å². The van der Waals surface area contributed by atoms with E-state index in [4.69, 9.17) is 0 Å². The molecule has 114 valence electrons. The minimum Gasteiger partial charge on any atom is -0.319 e. The van der Waals surface area contributed by atoms with Crippen molar-refractivity contribution in [2.45, 2.75) is 19.9 Å². The van der Waals surface area contributed by atoms with Crippen molar-refractivity contribution in [1.29, 1.82) is 0 Å². The Kier molecular flexibility index (Phi) is 4.70. The molecule has 0 aliphatic heterocycles. The fraction of sp³-hybridized carbons (Fsp3) is 0.214. The second-order valence-electron chi connectivity index (χ2n) is 4.66. The molecule has 1 amide bonds. The summed E-state index contributed by atoms with van der Waals surface area (Å²) < 4.78 is 2.77. The zero-order valence-electron chi connectivity index (χ0n) is 11.7. The standard InChI is InChI=1S/C14H13BrN4OS2/c1-9-11(21-8-16-9)4-5-19-7-10(6-17-19)18-14(20)12-2-3-13(15)22-12/h2-3,6-8H,4-5H2,1H3,(H,18,20). The molecule has 3 aromatic heterocycles. The van der Waals surface area contributed by atoms with Crippen LogP contribution in [0.3, 0.4) is 0 Å². The van der Waals surface area contributed by atoms with Gasteiger partial charge in [-0.15, -0.1) is 22.7 Å². The van der Waals surface area contributed by atoms with E-state index < -0.39 is 0 Å². The van der Waals surface area contributed by atoms with E-state index in [0.29, 0.717) is 10.6 Å². The summed E-state index contributed by atoms with van der Waals surface area (Å²) in [6.07, 6.45) is 4.40. The lowest BCUT2D eigenvalue weighted by molar-refractivity contribution is 0.103. The maximum Gasteiger partial charge on any atom is 0.265 e. The Hall–Kier alpha value is -1.51. The zero-order valence-corrected chi connectivity index (χ0v) is 15.0. The van der Waals surface area contributed by atoms with Gasteiger partial charge in [-0.3, -0.25) is 9.48 Å². The van der Waals surface area contributed by atoms with Gasteiger partial charge in [-0.25, -0.2) is 4.98 Å². The van der Waals surface area contributed by atoms with E-state index in [0.717, 1.165) is 22.4 Å². The minimum atomic E-state index is -0.117. The molecular formula is C14H13BrN4OS2. The molecular weight excluding hydrogens is 384 g/mol. The maximum atomic E-state index is 12.1. The molecule has 3 rings (SSSR count). The van der Waals surface area contributed by atoms with Gasteiger partial charge in [0.25, 0.3) is 5.91 Å². The molecule has 0 radical (unpaired) electrons. The van der Waals surface area contributed by atoms with E-state index in [2.05, 4.69) is 31.3 Å². The van der Waals surface area contributed by atoms with Gasteiger partial charge in [0.1, 0.15) is 0 Å². The van der Waals surface area contributed by atoms with E-state index in [1.165, 1.54) is 16.2 Å². The smallest absolute Gasteiger partial charge is 0.265 e. The molecule has 0 aliphatic carbocycles. The van der Waals surface area contributed by atoms with Crippen LogP contribution in [-0.2, 0) is 13.0 Å². The van der Waals surface area contributed by atoms with Crippen molar-refractivity contribution in [2.75, 3.05) is 5.32 Å². The van der Waals surface area contributed by atoms with Crippen LogP contribution in [0.5, 0.6) is 0 Å². The van der Waals surface area contributed by atoms with Crippen LogP contribution in [0.1, 0.15) is 20.2 Å². The van der Waals surface area contributed by atoms with Crippen LogP contribution in [0, 0.1) is 6.92 Å². The Balaban J connectivity index is 1.59. The minimum absolute atomic E-state index is 0.117. The summed E-state index contributed by atoms with van der Waals surface area (Å²) in [4.78, 5) is 18.2. The monoisotopic (exact) mass is 396 g/mol. The number of thiophene rings is 1. The van der Waals surface area contributed by atoms with E-state index in [-0.39, 0.29) is 5.91 Å². The fourth-order valence-electron chi connectivity index (χ4n) is 1.96. The summed E-state index contributed by atoms with van der Waals surface area (Å²) >= 11 is 6.42. The number of hydrogen-bond donors (Lipinski definition) is 1. The molecule has 0 fully saturated rings. The lowest BCUT2D eigenvalue weighted by Gasteiger charge is -2.01. The van der Waals surface area contributed by atoms with E-state index in [1.54, 1.807) is 23.6 Å². The number of aromatic nitrogens is 3. The molecule has 5 nitrogen and oxygen atoms in total. The van der Waals surface area contributed by atoms with Crippen LogP contribution < -0.4 is 5.32 Å². The normalized spacial score (nSPS) is 10.8. The fourth-order valence-corrected chi connectivity index (χ4v) is 4.01. The van der Waals surface area contributed by atoms with Crippen molar-refractivity contribution in [3.05, 3.63) is 49.3 Å². The van der Waals surface area contributed by atoms with Gasteiger partial charge >= 0.3 is 0 Å². The average molecular weight is 397 g/mol. The second kappa shape index (κ2) is 6.72. The van der Waals surface area contributed by atoms with E-state index in [9.17, 15) is 4.79 Å². The molecule has 3 aromatic rings. The SMILES string of the molecule is Cc1ncsc1CCn1cc(NC(=O)c2ccc(Br)s2)cn1. The molecule has 0 aliphatic rings. The quantitative estimate of drug-likeness (QED) is 0.709. The van der Waals surface area contributed by atoms with E-state index in [1.807, 2.05) is 29.4 Å². The average Bonchev–Trinajstić information content (AvgIpc) is 3.19. The van der Waals surface area contributed by atoms with Crippen LogP contribution in [-0.4, -0.2) is 20.7 Å². The van der Waals surface area contributed by atoms with Gasteiger partial charge in [0.2, 0.25) is 0 Å². The first kappa shape index (κ1) is 15.4. The number of carbonyl (C=O) groups excluding carboxylic acids is 1. The highest BCUT2D eigenvalue weighted by Crippen LogP contribution is 2.23. The van der Waals surface area contributed by atoms with Crippen LogP contribution in [0.2, 0.25) is 0 Å². The van der Waals surface area contributed by atoms with Crippen molar-refractivity contribution in [1.82, 2.24) is 14.8 Å². The summed E-state index contributed by atoms with van der Waals surface area (Å²) in [5.74, 6) is -0.117. The summed E-state index contributed by atoms with van der Waals surface area (Å²) in [6.45, 7) is 2.78. The molecule has 0 unspecified atom stereocenters. The highest BCUT2D eigenvalue weighted by molar-refractivity contribution is 9.11. The van der Waals surface area contributed by atoms with Gasteiger partial charge in [0.05, 0.1) is 31.8 Å². The second-order valence-corrected chi connectivity index (χ2v) is 8.06. The molecule has 0 bridgehead atoms. The first-order chi connectivity index (χ1) is 10.6. The number of rotatable bonds is 5. The van der Waals surface area contributed by atoms with Crippen LogP contribution in [0.25, 0.3) is 0 Å². The Labute approximate surface area is 144 Å². The highest BCUT2D eigenvalue weighted by Gasteiger charge is 2.10.